The van der Waals surface area contributed by atoms with Gasteiger partial charge in [-0.3, -0.25) is 15.0 Å². The van der Waals surface area contributed by atoms with Gasteiger partial charge in [-0.25, -0.2) is 4.98 Å². The van der Waals surface area contributed by atoms with Crippen molar-refractivity contribution in [3.63, 3.8) is 0 Å². The minimum atomic E-state index is -1.00. The van der Waals surface area contributed by atoms with Crippen LogP contribution in [0.3, 0.4) is 0 Å². The number of aliphatic hydroxyl groups is 1. The molecule has 1 aromatic heterocycles. The van der Waals surface area contributed by atoms with Crippen LogP contribution in [0.2, 0.25) is 0 Å². The van der Waals surface area contributed by atoms with Gasteiger partial charge in [0, 0.05) is 68.1 Å². The van der Waals surface area contributed by atoms with Crippen molar-refractivity contribution >= 4 is 34.0 Å². The Hall–Kier alpha value is -3.34. The fraction of sp³-hybridized carbons (Fsp3) is 0.391. The molecule has 1 unspecified atom stereocenters. The van der Waals surface area contributed by atoms with Gasteiger partial charge in [-0.2, -0.15) is 4.98 Å². The number of ether oxygens (including phenoxy) is 1. The second-order valence-electron chi connectivity index (χ2n) is 8.28. The summed E-state index contributed by atoms with van der Waals surface area (Å²) in [5.41, 5.74) is 1.95. The molecule has 2 aromatic carbocycles. The molecule has 2 N–H and O–H groups in total. The fourth-order valence-corrected chi connectivity index (χ4v) is 3.90. The maximum atomic E-state index is 11.3. The Kier molecular flexibility index (Phi) is 6.68. The first kappa shape index (κ1) is 22.8. The maximum absolute atomic E-state index is 11.3. The van der Waals surface area contributed by atoms with Crippen LogP contribution in [0, 0.1) is 10.1 Å². The van der Waals surface area contributed by atoms with Gasteiger partial charge in [0.2, 0.25) is 5.95 Å². The topological polar surface area (TPSA) is 117 Å². The molecule has 0 radical (unpaired) electrons. The molecule has 1 aliphatic rings. The second kappa shape index (κ2) is 9.65. The molecular formula is C23H28N6O4. The first-order valence-electron chi connectivity index (χ1n) is 10.9. The Labute approximate surface area is 192 Å². The standard InChI is InChI=1S/C23H28N6O4/c1-15(2)27-10-12-28(13-11-27)23-25-20-9-8-18(29(31)32)14-19(20)21(26-23)24-17-6-4-16(5-7-17)22(30)33-3/h4-9,14-15,22,30H,10-13H2,1-3H3,(H,24,25,26). The molecule has 1 saturated heterocycles. The molecule has 0 bridgehead atoms. The molecule has 1 fully saturated rings. The predicted molar refractivity (Wildman–Crippen MR) is 127 cm³/mol. The van der Waals surface area contributed by atoms with Gasteiger partial charge in [-0.15, -0.1) is 0 Å². The molecule has 174 valence electrons. The van der Waals surface area contributed by atoms with E-state index in [-0.39, 0.29) is 5.69 Å². The molecule has 33 heavy (non-hydrogen) atoms. The SMILES string of the molecule is COC(O)c1ccc(Nc2nc(N3CCN(C(C)C)CC3)nc3ccc([N+](=O)[O-])cc23)cc1. The molecule has 2 heterocycles. The van der Waals surface area contributed by atoms with Crippen LogP contribution in [-0.2, 0) is 4.74 Å². The minimum absolute atomic E-state index is 0.0222. The Morgan fingerprint density at radius 1 is 1.09 bits per heavy atom. The van der Waals surface area contributed by atoms with Crippen molar-refractivity contribution in [2.24, 2.45) is 0 Å². The Bertz CT molecular complexity index is 1130. The number of rotatable bonds is 7. The van der Waals surface area contributed by atoms with Gasteiger partial charge < -0.3 is 20.1 Å². The average molecular weight is 453 g/mol. The molecule has 10 heteroatoms. The van der Waals surface area contributed by atoms with Crippen LogP contribution in [0.25, 0.3) is 10.9 Å². The van der Waals surface area contributed by atoms with E-state index in [4.69, 9.17) is 14.7 Å². The van der Waals surface area contributed by atoms with Crippen LogP contribution in [0.5, 0.6) is 0 Å². The van der Waals surface area contributed by atoms with Gasteiger partial charge in [-0.05, 0) is 32.0 Å². The third-order valence-corrected chi connectivity index (χ3v) is 5.89. The number of non-ortho nitro benzene ring substituents is 1. The van der Waals surface area contributed by atoms with Gasteiger partial charge in [0.1, 0.15) is 5.82 Å². The third-order valence-electron chi connectivity index (χ3n) is 5.89. The number of nitro benzene ring substituents is 1. The summed E-state index contributed by atoms with van der Waals surface area (Å²) >= 11 is 0. The number of hydrogen-bond donors (Lipinski definition) is 2. The van der Waals surface area contributed by atoms with Gasteiger partial charge in [0.15, 0.2) is 6.29 Å². The van der Waals surface area contributed by atoms with Crippen LogP contribution < -0.4 is 10.2 Å². The zero-order valence-electron chi connectivity index (χ0n) is 18.9. The van der Waals surface area contributed by atoms with Crippen molar-refractivity contribution in [1.82, 2.24) is 14.9 Å². The summed E-state index contributed by atoms with van der Waals surface area (Å²) in [5.74, 6) is 1.08. The summed E-state index contributed by atoms with van der Waals surface area (Å²) in [6, 6.07) is 12.2. The van der Waals surface area contributed by atoms with E-state index in [1.807, 2.05) is 0 Å². The van der Waals surface area contributed by atoms with E-state index < -0.39 is 11.2 Å². The number of aliphatic hydroxyl groups excluding tert-OH is 1. The largest absolute Gasteiger partial charge is 0.364 e. The molecular weight excluding hydrogens is 424 g/mol. The van der Waals surface area contributed by atoms with Crippen LogP contribution in [-0.4, -0.2) is 64.2 Å². The van der Waals surface area contributed by atoms with Gasteiger partial charge >= 0.3 is 0 Å². The lowest BCUT2D eigenvalue weighted by Gasteiger charge is -2.37. The molecule has 1 atom stereocenters. The normalized spacial score (nSPS) is 15.7. The zero-order chi connectivity index (χ0) is 23.5. The van der Waals surface area contributed by atoms with Crippen LogP contribution in [0.1, 0.15) is 25.7 Å². The molecule has 0 amide bonds. The Morgan fingerprint density at radius 2 is 1.79 bits per heavy atom. The predicted octanol–water partition coefficient (Wildman–Crippen LogP) is 3.45. The maximum Gasteiger partial charge on any atom is 0.270 e. The number of fused-ring (bicyclic) bond motifs is 1. The number of nitro groups is 1. The number of anilines is 3. The summed E-state index contributed by atoms with van der Waals surface area (Å²) in [7, 11) is 1.43. The van der Waals surface area contributed by atoms with Crippen molar-refractivity contribution in [2.75, 3.05) is 43.5 Å². The lowest BCUT2D eigenvalue weighted by atomic mass is 10.1. The third kappa shape index (κ3) is 5.03. The number of benzene rings is 2. The van der Waals surface area contributed by atoms with E-state index in [9.17, 15) is 15.2 Å². The fourth-order valence-electron chi connectivity index (χ4n) is 3.90. The van der Waals surface area contributed by atoms with Crippen molar-refractivity contribution in [3.8, 4) is 0 Å². The van der Waals surface area contributed by atoms with Crippen LogP contribution >= 0.6 is 0 Å². The molecule has 4 rings (SSSR count). The summed E-state index contributed by atoms with van der Waals surface area (Å²) in [5, 5.41) is 25.0. The quantitative estimate of drug-likeness (QED) is 0.316. The van der Waals surface area contributed by atoms with E-state index in [2.05, 4.69) is 29.0 Å². The van der Waals surface area contributed by atoms with Crippen molar-refractivity contribution in [1.29, 1.82) is 0 Å². The monoisotopic (exact) mass is 452 g/mol. The summed E-state index contributed by atoms with van der Waals surface area (Å²) in [4.78, 5) is 24.9. The Balaban J connectivity index is 1.69. The van der Waals surface area contributed by atoms with E-state index in [1.165, 1.54) is 19.2 Å². The molecule has 10 nitrogen and oxygen atoms in total. The van der Waals surface area contributed by atoms with E-state index in [1.54, 1.807) is 30.3 Å². The molecule has 0 spiro atoms. The average Bonchev–Trinajstić information content (AvgIpc) is 2.83. The summed E-state index contributed by atoms with van der Waals surface area (Å²) in [6.07, 6.45) is -1.00. The Morgan fingerprint density at radius 3 is 2.39 bits per heavy atom. The highest BCUT2D eigenvalue weighted by Gasteiger charge is 2.22. The first-order valence-corrected chi connectivity index (χ1v) is 10.9. The number of nitrogens with zero attached hydrogens (tertiary/aromatic N) is 5. The molecule has 1 aliphatic heterocycles. The van der Waals surface area contributed by atoms with Crippen molar-refractivity contribution < 1.29 is 14.8 Å². The number of nitrogens with one attached hydrogen (secondary N) is 1. The van der Waals surface area contributed by atoms with E-state index in [0.29, 0.717) is 34.3 Å². The summed E-state index contributed by atoms with van der Waals surface area (Å²) in [6.45, 7) is 7.83. The van der Waals surface area contributed by atoms with Gasteiger partial charge in [0.05, 0.1) is 10.4 Å². The lowest BCUT2D eigenvalue weighted by molar-refractivity contribution is -0.384. The highest BCUT2D eigenvalue weighted by molar-refractivity contribution is 5.93. The smallest absolute Gasteiger partial charge is 0.270 e. The molecule has 0 saturated carbocycles. The summed E-state index contributed by atoms with van der Waals surface area (Å²) < 4.78 is 4.93. The van der Waals surface area contributed by atoms with E-state index in [0.717, 1.165) is 31.9 Å². The van der Waals surface area contributed by atoms with Gasteiger partial charge in [0.25, 0.3) is 5.69 Å². The highest BCUT2D eigenvalue weighted by Crippen LogP contribution is 2.30. The van der Waals surface area contributed by atoms with Gasteiger partial charge in [-0.1, -0.05) is 12.1 Å². The van der Waals surface area contributed by atoms with E-state index >= 15 is 0 Å². The second-order valence-corrected chi connectivity index (χ2v) is 8.28. The van der Waals surface area contributed by atoms with Crippen molar-refractivity contribution in [2.45, 2.75) is 26.2 Å². The van der Waals surface area contributed by atoms with Crippen molar-refractivity contribution in [3.05, 3.63) is 58.1 Å². The lowest BCUT2D eigenvalue weighted by Crippen LogP contribution is -2.49. The number of methoxy groups -OCH3 is 1. The van der Waals surface area contributed by atoms with Crippen LogP contribution in [0.4, 0.5) is 23.1 Å². The molecule has 3 aromatic rings. The van der Waals surface area contributed by atoms with Crippen LogP contribution in [0.15, 0.2) is 42.5 Å². The number of hydrogen-bond acceptors (Lipinski definition) is 9. The highest BCUT2D eigenvalue weighted by atomic mass is 16.6. The minimum Gasteiger partial charge on any atom is -0.364 e. The number of aromatic nitrogens is 2. The zero-order valence-corrected chi connectivity index (χ0v) is 18.9. The number of piperazine rings is 1. The first-order chi connectivity index (χ1) is 15.9. The molecule has 0 aliphatic carbocycles.